The van der Waals surface area contributed by atoms with Gasteiger partial charge in [0, 0.05) is 37.4 Å². The maximum Gasteiger partial charge on any atom is 0.257 e. The number of piperazine rings is 1. The molecule has 0 aromatic heterocycles. The fraction of sp³-hybridized carbons (Fsp3) is 0.364. The number of amides is 1. The van der Waals surface area contributed by atoms with Crippen molar-refractivity contribution < 1.29 is 9.53 Å². The first-order chi connectivity index (χ1) is 13.9. The first kappa shape index (κ1) is 21.6. The molecule has 1 fully saturated rings. The van der Waals surface area contributed by atoms with Crippen LogP contribution in [0.3, 0.4) is 0 Å². The number of nitrogens with one attached hydrogen (secondary N) is 1. The van der Waals surface area contributed by atoms with Gasteiger partial charge in [0.25, 0.3) is 5.91 Å². The highest BCUT2D eigenvalue weighted by Crippen LogP contribution is 2.26. The molecule has 2 aromatic rings. The zero-order valence-electron chi connectivity index (χ0n) is 16.7. The van der Waals surface area contributed by atoms with Crippen LogP contribution in [0.1, 0.15) is 24.2 Å². The first-order valence-electron chi connectivity index (χ1n) is 9.76. The van der Waals surface area contributed by atoms with Crippen LogP contribution in [0.4, 0.5) is 5.69 Å². The lowest BCUT2D eigenvalue weighted by atomic mass is 10.2. The second kappa shape index (κ2) is 10.1. The summed E-state index contributed by atoms with van der Waals surface area (Å²) in [4.78, 5) is 17.0. The number of hydrogen-bond acceptors (Lipinski definition) is 4. The predicted octanol–water partition coefficient (Wildman–Crippen LogP) is 4.32. The van der Waals surface area contributed by atoms with Gasteiger partial charge in [-0.2, -0.15) is 0 Å². The Labute approximate surface area is 186 Å². The minimum atomic E-state index is -0.211. The van der Waals surface area contributed by atoms with Gasteiger partial charge in [-0.3, -0.25) is 10.1 Å². The summed E-state index contributed by atoms with van der Waals surface area (Å²) in [6.07, 6.45) is 0. The molecule has 1 heterocycles. The Bertz CT molecular complexity index is 852. The number of para-hydroxylation sites is 1. The number of nitrogens with zero attached hydrogens (tertiary/aromatic N) is 2. The van der Waals surface area contributed by atoms with Crippen LogP contribution in [-0.4, -0.2) is 48.7 Å². The third kappa shape index (κ3) is 5.93. The number of hydrogen-bond donors (Lipinski definition) is 1. The molecule has 154 valence electrons. The number of carbonyl (C=O) groups is 1. The third-order valence-electron chi connectivity index (χ3n) is 4.67. The van der Waals surface area contributed by atoms with E-state index in [9.17, 15) is 4.79 Å². The second-order valence-corrected chi connectivity index (χ2v) is 8.66. The molecule has 1 N–H and O–H groups in total. The molecule has 1 amide bonds. The molecule has 5 nitrogen and oxygen atoms in total. The third-order valence-corrected chi connectivity index (χ3v) is 5.65. The van der Waals surface area contributed by atoms with Gasteiger partial charge in [0.2, 0.25) is 0 Å². The van der Waals surface area contributed by atoms with E-state index in [0.717, 1.165) is 36.4 Å². The van der Waals surface area contributed by atoms with E-state index in [1.54, 1.807) is 12.1 Å². The lowest BCUT2D eigenvalue weighted by molar-refractivity contribution is 0.0973. The highest BCUT2D eigenvalue weighted by Gasteiger charge is 2.21. The molecule has 0 saturated carbocycles. The summed E-state index contributed by atoms with van der Waals surface area (Å²) in [5, 5.41) is 3.33. The zero-order valence-corrected chi connectivity index (χ0v) is 19.1. The number of rotatable bonds is 5. The molecular weight excluding hydrogens is 450 g/mol. The molecule has 29 heavy (non-hydrogen) atoms. The van der Waals surface area contributed by atoms with E-state index >= 15 is 0 Å². The van der Waals surface area contributed by atoms with Crippen molar-refractivity contribution in [2.24, 2.45) is 5.92 Å². The van der Waals surface area contributed by atoms with Crippen molar-refractivity contribution in [2.45, 2.75) is 13.8 Å². The van der Waals surface area contributed by atoms with Crippen LogP contribution in [-0.2, 0) is 0 Å². The molecular formula is C22H26BrN3O2S. The molecule has 0 unspecified atom stereocenters. The van der Waals surface area contributed by atoms with Crippen LogP contribution in [0.15, 0.2) is 53.0 Å². The maximum atomic E-state index is 12.6. The van der Waals surface area contributed by atoms with Gasteiger partial charge >= 0.3 is 0 Å². The standard InChI is InChI=1S/C22H26BrN3O2S/c1-16(2)15-28-20-9-8-17(14-19(20)23)21(27)24-22(29)26-12-10-25(11-13-26)18-6-4-3-5-7-18/h3-9,14,16H,10-13,15H2,1-2H3,(H,24,27,29). The van der Waals surface area contributed by atoms with Crippen LogP contribution in [0.25, 0.3) is 0 Å². The molecule has 3 rings (SSSR count). The van der Waals surface area contributed by atoms with E-state index in [1.165, 1.54) is 5.69 Å². The second-order valence-electron chi connectivity index (χ2n) is 7.42. The van der Waals surface area contributed by atoms with Gasteiger partial charge in [0.1, 0.15) is 5.75 Å². The fourth-order valence-corrected chi connectivity index (χ4v) is 3.84. The van der Waals surface area contributed by atoms with Crippen molar-refractivity contribution in [3.05, 3.63) is 58.6 Å². The Morgan fingerprint density at radius 3 is 2.45 bits per heavy atom. The van der Waals surface area contributed by atoms with Gasteiger partial charge in [-0.25, -0.2) is 0 Å². The molecule has 0 spiro atoms. The Hall–Kier alpha value is -2.12. The van der Waals surface area contributed by atoms with Crippen molar-refractivity contribution in [1.82, 2.24) is 10.2 Å². The van der Waals surface area contributed by atoms with Crippen LogP contribution in [0.2, 0.25) is 0 Å². The topological polar surface area (TPSA) is 44.8 Å². The van der Waals surface area contributed by atoms with E-state index < -0.39 is 0 Å². The highest BCUT2D eigenvalue weighted by molar-refractivity contribution is 9.10. The summed E-state index contributed by atoms with van der Waals surface area (Å²) in [6, 6.07) is 15.7. The summed E-state index contributed by atoms with van der Waals surface area (Å²) in [5.41, 5.74) is 1.76. The van der Waals surface area contributed by atoms with Gasteiger partial charge < -0.3 is 14.5 Å². The van der Waals surface area contributed by atoms with Crippen LogP contribution >= 0.6 is 28.1 Å². The van der Waals surface area contributed by atoms with Crippen LogP contribution in [0.5, 0.6) is 5.75 Å². The molecule has 0 radical (unpaired) electrons. The molecule has 0 aliphatic carbocycles. The fourth-order valence-electron chi connectivity index (χ4n) is 3.07. The summed E-state index contributed by atoms with van der Waals surface area (Å²) in [5.74, 6) is 0.955. The van der Waals surface area contributed by atoms with Crippen LogP contribution in [0, 0.1) is 5.92 Å². The smallest absolute Gasteiger partial charge is 0.257 e. The summed E-state index contributed by atoms with van der Waals surface area (Å²) in [7, 11) is 0. The molecule has 0 bridgehead atoms. The van der Waals surface area contributed by atoms with Gasteiger partial charge in [-0.05, 0) is 64.4 Å². The quantitative estimate of drug-likeness (QED) is 0.652. The molecule has 7 heteroatoms. The van der Waals surface area contributed by atoms with E-state index in [4.69, 9.17) is 17.0 Å². The zero-order chi connectivity index (χ0) is 20.8. The Balaban J connectivity index is 1.53. The minimum absolute atomic E-state index is 0.211. The van der Waals surface area contributed by atoms with E-state index in [-0.39, 0.29) is 5.91 Å². The lowest BCUT2D eigenvalue weighted by Crippen LogP contribution is -2.52. The Morgan fingerprint density at radius 2 is 1.83 bits per heavy atom. The van der Waals surface area contributed by atoms with Crippen molar-refractivity contribution in [1.29, 1.82) is 0 Å². The van der Waals surface area contributed by atoms with E-state index in [1.807, 2.05) is 29.2 Å². The molecule has 1 aliphatic rings. The van der Waals surface area contributed by atoms with Crippen LogP contribution < -0.4 is 15.0 Å². The van der Waals surface area contributed by atoms with Crippen molar-refractivity contribution in [3.8, 4) is 5.75 Å². The number of halogens is 1. The molecule has 2 aromatic carbocycles. The number of carbonyl (C=O) groups excluding carboxylic acids is 1. The highest BCUT2D eigenvalue weighted by atomic mass is 79.9. The predicted molar refractivity (Wildman–Crippen MR) is 125 cm³/mol. The molecule has 1 saturated heterocycles. The normalized spacial score (nSPS) is 14.1. The SMILES string of the molecule is CC(C)COc1ccc(C(=O)NC(=S)N2CCN(c3ccccc3)CC2)cc1Br. The molecule has 1 aliphatic heterocycles. The lowest BCUT2D eigenvalue weighted by Gasteiger charge is -2.37. The largest absolute Gasteiger partial charge is 0.492 e. The minimum Gasteiger partial charge on any atom is -0.492 e. The van der Waals surface area contributed by atoms with Gasteiger partial charge in [0.15, 0.2) is 5.11 Å². The maximum absolute atomic E-state index is 12.6. The monoisotopic (exact) mass is 475 g/mol. The van der Waals surface area contributed by atoms with Gasteiger partial charge in [-0.15, -0.1) is 0 Å². The summed E-state index contributed by atoms with van der Waals surface area (Å²) < 4.78 is 6.50. The number of benzene rings is 2. The van der Waals surface area contributed by atoms with Crippen molar-refractivity contribution in [3.63, 3.8) is 0 Å². The van der Waals surface area contributed by atoms with E-state index in [2.05, 4.69) is 52.1 Å². The van der Waals surface area contributed by atoms with Gasteiger partial charge in [-0.1, -0.05) is 32.0 Å². The summed E-state index contributed by atoms with van der Waals surface area (Å²) in [6.45, 7) is 8.11. The van der Waals surface area contributed by atoms with Gasteiger partial charge in [0.05, 0.1) is 11.1 Å². The molecule has 0 atom stereocenters. The first-order valence-corrected chi connectivity index (χ1v) is 11.0. The van der Waals surface area contributed by atoms with Crippen molar-refractivity contribution in [2.75, 3.05) is 37.7 Å². The van der Waals surface area contributed by atoms with Crippen molar-refractivity contribution >= 4 is 44.9 Å². The Kier molecular flexibility index (Phi) is 7.50. The summed E-state index contributed by atoms with van der Waals surface area (Å²) >= 11 is 8.96. The number of thiocarbonyl (C=S) groups is 1. The average molecular weight is 476 g/mol. The van der Waals surface area contributed by atoms with E-state index in [0.29, 0.717) is 23.2 Å². The number of anilines is 1. The average Bonchev–Trinajstić information content (AvgIpc) is 2.73. The Morgan fingerprint density at radius 1 is 1.14 bits per heavy atom. The number of ether oxygens (including phenoxy) is 1.